The molecule has 0 saturated heterocycles. The number of hydrogen-bond acceptors (Lipinski definition) is 4. The summed E-state index contributed by atoms with van der Waals surface area (Å²) in [5.74, 6) is -0.706. The van der Waals surface area contributed by atoms with Crippen molar-refractivity contribution in [1.82, 2.24) is 4.98 Å². The van der Waals surface area contributed by atoms with Gasteiger partial charge in [0.1, 0.15) is 5.75 Å². The van der Waals surface area contributed by atoms with Gasteiger partial charge in [0, 0.05) is 28.0 Å². The molecule has 1 heterocycles. The number of nitrogens with two attached hydrogens (primary N) is 1. The third kappa shape index (κ3) is 2.30. The predicted octanol–water partition coefficient (Wildman–Crippen LogP) is 0.468. The molecule has 13 heavy (non-hydrogen) atoms. The van der Waals surface area contributed by atoms with E-state index in [1.807, 2.05) is 0 Å². The van der Waals surface area contributed by atoms with Crippen molar-refractivity contribution < 1.29 is 17.1 Å². The number of nitrogens with zero attached hydrogens (tertiary/aromatic N) is 1. The molecule has 4 nitrogen and oxygen atoms in total. The van der Waals surface area contributed by atoms with Gasteiger partial charge in [0.2, 0.25) is 0 Å². The zero-order valence-electron chi connectivity index (χ0n) is 11.6. The van der Waals surface area contributed by atoms with Gasteiger partial charge in [-0.05, 0) is 6.85 Å². The van der Waals surface area contributed by atoms with Crippen molar-refractivity contribution in [3.8, 4) is 5.75 Å². The van der Waals surface area contributed by atoms with Crippen LogP contribution in [0.3, 0.4) is 0 Å². The lowest BCUT2D eigenvalue weighted by molar-refractivity contribution is 0.279. The Balaban J connectivity index is 0.00000289. The minimum absolute atomic E-state index is 0. The molecular weight excluding hydrogens is 192 g/mol. The van der Waals surface area contributed by atoms with Crippen molar-refractivity contribution in [1.29, 1.82) is 0 Å². The molecule has 1 aromatic heterocycles. The number of pyridine rings is 1. The largest absolute Gasteiger partial charge is 0.506 e. The molecule has 0 atom stereocenters. The Morgan fingerprint density at radius 1 is 1.77 bits per heavy atom. The van der Waals surface area contributed by atoms with Crippen LogP contribution in [0, 0.1) is 6.85 Å². The zero-order chi connectivity index (χ0) is 13.4. The van der Waals surface area contributed by atoms with Crippen LogP contribution in [0.1, 0.15) is 23.7 Å². The van der Waals surface area contributed by atoms with Crippen LogP contribution in [0.4, 0.5) is 0 Å². The third-order valence-electron chi connectivity index (χ3n) is 1.48. The molecule has 0 spiro atoms. The Kier molecular flexibility index (Phi) is 2.24. The van der Waals surface area contributed by atoms with Crippen molar-refractivity contribution in [2.24, 2.45) is 5.73 Å². The maximum atomic E-state index is 9.69. The molecule has 4 N–H and O–H groups in total. The smallest absolute Gasteiger partial charge is 0.141 e. The zero-order valence-corrected chi connectivity index (χ0v) is 7.43. The molecule has 5 heteroatoms. The number of halogens is 1. The molecule has 74 valence electrons. The Bertz CT molecular complexity index is 433. The van der Waals surface area contributed by atoms with E-state index in [9.17, 15) is 10.2 Å². The average molecular weight is 210 g/mol. The minimum Gasteiger partial charge on any atom is -0.506 e. The molecule has 0 fully saturated rings. The molecule has 0 aliphatic rings. The molecule has 1 aromatic rings. The van der Waals surface area contributed by atoms with Gasteiger partial charge in [-0.1, -0.05) is 0 Å². The molecule has 0 aromatic carbocycles. The summed E-state index contributed by atoms with van der Waals surface area (Å²) in [4.78, 5) is 3.46. The average Bonchev–Trinajstić information content (AvgIpc) is 2.13. The van der Waals surface area contributed by atoms with E-state index in [4.69, 9.17) is 12.6 Å². The highest BCUT2D eigenvalue weighted by atomic mass is 35.5. The molecular formula is C8H13ClN2O2. The second-order valence-corrected chi connectivity index (χ2v) is 2.16. The monoisotopic (exact) mass is 209 g/mol. The summed E-state index contributed by atoms with van der Waals surface area (Å²) in [7, 11) is 0. The second kappa shape index (κ2) is 5.01. The van der Waals surface area contributed by atoms with Crippen LogP contribution in [0.5, 0.6) is 5.75 Å². The van der Waals surface area contributed by atoms with E-state index in [1.54, 1.807) is 0 Å². The van der Waals surface area contributed by atoms with Gasteiger partial charge in [-0.25, -0.2) is 0 Å². The predicted molar refractivity (Wildman–Crippen MR) is 51.7 cm³/mol. The number of rotatable bonds is 2. The first kappa shape index (κ1) is 5.80. The summed E-state index contributed by atoms with van der Waals surface area (Å²) < 4.78 is 35.6. The number of aromatic nitrogens is 1. The number of hydrogen-bond donors (Lipinski definition) is 3. The fourth-order valence-corrected chi connectivity index (χ4v) is 0.842. The SMILES string of the molecule is Cl.[2H]C([2H])([2H])c1ncc(C([2H])([2H])O)c(CN)c1O. The van der Waals surface area contributed by atoms with E-state index in [2.05, 4.69) is 4.98 Å². The molecule has 0 amide bonds. The van der Waals surface area contributed by atoms with Gasteiger partial charge in [-0.3, -0.25) is 4.98 Å². The van der Waals surface area contributed by atoms with Crippen LogP contribution in [0.15, 0.2) is 6.20 Å². The van der Waals surface area contributed by atoms with Gasteiger partial charge >= 0.3 is 0 Å². The van der Waals surface area contributed by atoms with Gasteiger partial charge in [-0.2, -0.15) is 0 Å². The van der Waals surface area contributed by atoms with E-state index < -0.39 is 24.9 Å². The quantitative estimate of drug-likeness (QED) is 0.662. The molecule has 0 saturated carbocycles. The maximum absolute atomic E-state index is 9.69. The summed E-state index contributed by atoms with van der Waals surface area (Å²) in [6.45, 7) is -5.69. The van der Waals surface area contributed by atoms with Crippen LogP contribution < -0.4 is 5.73 Å². The van der Waals surface area contributed by atoms with Crippen LogP contribution in [0.2, 0.25) is 0 Å². The van der Waals surface area contributed by atoms with E-state index >= 15 is 0 Å². The highest BCUT2D eigenvalue weighted by Gasteiger charge is 2.08. The van der Waals surface area contributed by atoms with Gasteiger partial charge in [0.15, 0.2) is 0 Å². The molecule has 1 rings (SSSR count). The first-order valence-electron chi connectivity index (χ1n) is 5.73. The van der Waals surface area contributed by atoms with Gasteiger partial charge in [-0.15, -0.1) is 12.4 Å². The molecule has 0 aliphatic heterocycles. The highest BCUT2D eigenvalue weighted by molar-refractivity contribution is 5.85. The standard InChI is InChI=1S/C8H12N2O2.ClH/c1-5-8(12)7(2-9)6(4-11)3-10-5;/h3,11-12H,2,4,9H2,1H3;1H/i1D3,4D2;. The van der Waals surface area contributed by atoms with E-state index in [1.165, 1.54) is 0 Å². The van der Waals surface area contributed by atoms with Gasteiger partial charge < -0.3 is 15.9 Å². The van der Waals surface area contributed by atoms with Gasteiger partial charge in [0.05, 0.1) is 15.0 Å². The summed E-state index contributed by atoms with van der Waals surface area (Å²) in [5.41, 5.74) is 4.24. The van der Waals surface area contributed by atoms with Crippen molar-refractivity contribution in [3.05, 3.63) is 23.0 Å². The fourth-order valence-electron chi connectivity index (χ4n) is 0.842. The topological polar surface area (TPSA) is 79.4 Å². The Hall–Kier alpha value is -0.840. The summed E-state index contributed by atoms with van der Waals surface area (Å²) in [5, 5.41) is 18.9. The van der Waals surface area contributed by atoms with E-state index in [-0.39, 0.29) is 30.1 Å². The molecule has 0 bridgehead atoms. The molecule has 0 unspecified atom stereocenters. The Morgan fingerprint density at radius 3 is 2.92 bits per heavy atom. The van der Waals surface area contributed by atoms with Crippen molar-refractivity contribution in [3.63, 3.8) is 0 Å². The summed E-state index contributed by atoms with van der Waals surface area (Å²) in [6, 6.07) is 0. The van der Waals surface area contributed by atoms with Crippen LogP contribution in [-0.4, -0.2) is 15.2 Å². The highest BCUT2D eigenvalue weighted by Crippen LogP contribution is 2.22. The second-order valence-electron chi connectivity index (χ2n) is 2.16. The van der Waals surface area contributed by atoms with E-state index in [0.717, 1.165) is 6.20 Å². The minimum atomic E-state index is -2.74. The number of aliphatic hydroxyl groups is 1. The van der Waals surface area contributed by atoms with Crippen molar-refractivity contribution >= 4 is 12.4 Å². The number of aryl methyl sites for hydroxylation is 1. The molecule has 0 radical (unpaired) electrons. The first-order chi connectivity index (χ1) is 7.59. The van der Waals surface area contributed by atoms with Crippen LogP contribution in [-0.2, 0) is 13.1 Å². The fraction of sp³-hybridized carbons (Fsp3) is 0.375. The number of aromatic hydroxyl groups is 1. The lowest BCUT2D eigenvalue weighted by atomic mass is 10.1. The van der Waals surface area contributed by atoms with Crippen LogP contribution >= 0.6 is 12.4 Å². The summed E-state index contributed by atoms with van der Waals surface area (Å²) in [6.07, 6.45) is 0.865. The normalized spacial score (nSPS) is 17.2. The van der Waals surface area contributed by atoms with Crippen LogP contribution in [0.25, 0.3) is 0 Å². The first-order valence-corrected chi connectivity index (χ1v) is 3.23. The lowest BCUT2D eigenvalue weighted by Crippen LogP contribution is -2.04. The third-order valence-corrected chi connectivity index (χ3v) is 1.48. The van der Waals surface area contributed by atoms with Gasteiger partial charge in [0.25, 0.3) is 0 Å². The van der Waals surface area contributed by atoms with E-state index in [0.29, 0.717) is 0 Å². The Labute approximate surface area is 89.9 Å². The van der Waals surface area contributed by atoms with Crippen molar-refractivity contribution in [2.45, 2.75) is 20.0 Å². The Morgan fingerprint density at radius 2 is 2.46 bits per heavy atom. The lowest BCUT2D eigenvalue weighted by Gasteiger charge is -2.08. The maximum Gasteiger partial charge on any atom is 0.141 e. The summed E-state index contributed by atoms with van der Waals surface area (Å²) >= 11 is 0. The van der Waals surface area contributed by atoms with Crippen molar-refractivity contribution in [2.75, 3.05) is 0 Å². The molecule has 0 aliphatic carbocycles.